The summed E-state index contributed by atoms with van der Waals surface area (Å²) >= 11 is 6.36. The van der Waals surface area contributed by atoms with E-state index < -0.39 is 0 Å². The topological polar surface area (TPSA) is 54.3 Å². The predicted octanol–water partition coefficient (Wildman–Crippen LogP) is 2.67. The maximum atomic E-state index is 11.7. The molecule has 7 heteroatoms. The molecule has 2 aromatic rings. The molecule has 1 aromatic heterocycles. The van der Waals surface area contributed by atoms with Crippen LogP contribution in [-0.2, 0) is 24.3 Å². The van der Waals surface area contributed by atoms with Crippen molar-refractivity contribution in [3.63, 3.8) is 0 Å². The lowest BCUT2D eigenvalue weighted by atomic mass is 10.1. The molecule has 2 aliphatic rings. The quantitative estimate of drug-likeness (QED) is 0.830. The van der Waals surface area contributed by atoms with Gasteiger partial charge in [-0.15, -0.1) is 10.2 Å². The Morgan fingerprint density at radius 3 is 2.85 bits per heavy atom. The van der Waals surface area contributed by atoms with E-state index in [4.69, 9.17) is 11.6 Å². The highest BCUT2D eigenvalue weighted by atomic mass is 35.5. The number of amides is 1. The van der Waals surface area contributed by atoms with Gasteiger partial charge < -0.3 is 9.47 Å². The van der Waals surface area contributed by atoms with E-state index in [0.29, 0.717) is 0 Å². The number of halogens is 1. The first-order valence-electron chi connectivity index (χ1n) is 9.28. The number of hydrogen-bond acceptors (Lipinski definition) is 4. The molecule has 2 aliphatic heterocycles. The molecule has 0 aliphatic carbocycles. The van der Waals surface area contributed by atoms with E-state index in [9.17, 15) is 4.79 Å². The lowest BCUT2D eigenvalue weighted by Gasteiger charge is -2.25. The van der Waals surface area contributed by atoms with Crippen LogP contribution in [0.3, 0.4) is 0 Å². The molecule has 6 nitrogen and oxygen atoms in total. The van der Waals surface area contributed by atoms with Gasteiger partial charge in [-0.05, 0) is 31.0 Å². The zero-order chi connectivity index (χ0) is 18.1. The van der Waals surface area contributed by atoms with Gasteiger partial charge in [0.25, 0.3) is 0 Å². The van der Waals surface area contributed by atoms with E-state index in [1.54, 1.807) is 6.92 Å². The van der Waals surface area contributed by atoms with Crippen molar-refractivity contribution in [3.05, 3.63) is 46.5 Å². The summed E-state index contributed by atoms with van der Waals surface area (Å²) in [5.74, 6) is 2.16. The number of likely N-dealkylation sites (tertiary alicyclic amines) is 1. The molecule has 1 unspecified atom stereocenters. The Bertz CT molecular complexity index is 805. The van der Waals surface area contributed by atoms with E-state index in [1.165, 1.54) is 0 Å². The van der Waals surface area contributed by atoms with Gasteiger partial charge in [-0.3, -0.25) is 9.69 Å². The zero-order valence-corrected chi connectivity index (χ0v) is 15.8. The van der Waals surface area contributed by atoms with Gasteiger partial charge in [0.15, 0.2) is 0 Å². The Hall–Kier alpha value is -1.92. The van der Waals surface area contributed by atoms with Crippen LogP contribution in [0.15, 0.2) is 24.3 Å². The highest BCUT2D eigenvalue weighted by Crippen LogP contribution is 2.34. The van der Waals surface area contributed by atoms with Crippen molar-refractivity contribution in [1.29, 1.82) is 0 Å². The van der Waals surface area contributed by atoms with Gasteiger partial charge in [0.1, 0.15) is 11.6 Å². The number of nitrogens with zero attached hydrogens (tertiary/aromatic N) is 5. The molecule has 26 heavy (non-hydrogen) atoms. The summed E-state index contributed by atoms with van der Waals surface area (Å²) in [4.78, 5) is 16.1. The Balaban J connectivity index is 1.55. The second-order valence-corrected chi connectivity index (χ2v) is 7.51. The van der Waals surface area contributed by atoms with Gasteiger partial charge in [0.2, 0.25) is 5.91 Å². The average Bonchev–Trinajstić information content (AvgIpc) is 3.17. The van der Waals surface area contributed by atoms with Gasteiger partial charge in [0, 0.05) is 44.5 Å². The fraction of sp³-hybridized carbons (Fsp3) is 0.526. The van der Waals surface area contributed by atoms with Crippen LogP contribution >= 0.6 is 11.6 Å². The molecule has 4 rings (SSSR count). The number of fused-ring (bicyclic) bond motifs is 1. The Morgan fingerprint density at radius 1 is 1.19 bits per heavy atom. The third-order valence-corrected chi connectivity index (χ3v) is 5.86. The summed E-state index contributed by atoms with van der Waals surface area (Å²) in [7, 11) is 0. The molecule has 0 radical (unpaired) electrons. The second kappa shape index (κ2) is 7.37. The predicted molar refractivity (Wildman–Crippen MR) is 99.8 cm³/mol. The number of carbonyl (C=O) groups excluding carboxylic acids is 1. The first-order valence-corrected chi connectivity index (χ1v) is 9.66. The summed E-state index contributed by atoms with van der Waals surface area (Å²) in [6.07, 6.45) is 3.00. The SMILES string of the molecule is CC(=O)N1CCc2nnc(C3CCCN3Cc3ccccc3Cl)n2CC1. The van der Waals surface area contributed by atoms with Gasteiger partial charge in [0.05, 0.1) is 6.04 Å². The Labute approximate surface area is 158 Å². The minimum Gasteiger partial charge on any atom is -0.341 e. The fourth-order valence-electron chi connectivity index (χ4n) is 4.06. The molecule has 138 valence electrons. The summed E-state index contributed by atoms with van der Waals surface area (Å²) in [5, 5.41) is 9.79. The molecular formula is C19H24ClN5O. The standard InChI is InChI=1S/C19H24ClN5O/c1-14(26)23-10-8-18-21-22-19(25(18)12-11-23)17-7-4-9-24(17)13-15-5-2-3-6-16(15)20/h2-3,5-6,17H,4,7-13H2,1H3. The van der Waals surface area contributed by atoms with E-state index in [0.717, 1.165) is 74.2 Å². The van der Waals surface area contributed by atoms with Crippen molar-refractivity contribution < 1.29 is 4.79 Å². The molecule has 0 saturated carbocycles. The van der Waals surface area contributed by atoms with Crippen molar-refractivity contribution in [1.82, 2.24) is 24.6 Å². The maximum Gasteiger partial charge on any atom is 0.219 e. The third-order valence-electron chi connectivity index (χ3n) is 5.49. The molecule has 1 aromatic carbocycles. The van der Waals surface area contributed by atoms with Crippen LogP contribution in [0, 0.1) is 0 Å². The van der Waals surface area contributed by atoms with Crippen molar-refractivity contribution >= 4 is 17.5 Å². The van der Waals surface area contributed by atoms with Crippen molar-refractivity contribution in [2.75, 3.05) is 19.6 Å². The van der Waals surface area contributed by atoms with E-state index in [-0.39, 0.29) is 11.9 Å². The lowest BCUT2D eigenvalue weighted by molar-refractivity contribution is -0.128. The monoisotopic (exact) mass is 373 g/mol. The first kappa shape index (κ1) is 17.5. The zero-order valence-electron chi connectivity index (χ0n) is 15.1. The van der Waals surface area contributed by atoms with Crippen LogP contribution in [-0.4, -0.2) is 50.1 Å². The van der Waals surface area contributed by atoms with Crippen LogP contribution < -0.4 is 0 Å². The minimum atomic E-state index is 0.131. The Morgan fingerprint density at radius 2 is 2.04 bits per heavy atom. The first-order chi connectivity index (χ1) is 12.6. The largest absolute Gasteiger partial charge is 0.341 e. The van der Waals surface area contributed by atoms with Crippen molar-refractivity contribution in [2.45, 2.75) is 45.3 Å². The average molecular weight is 374 g/mol. The number of benzene rings is 1. The van der Waals surface area contributed by atoms with E-state index >= 15 is 0 Å². The number of aromatic nitrogens is 3. The molecule has 0 spiro atoms. The van der Waals surface area contributed by atoms with Gasteiger partial charge in [-0.2, -0.15) is 0 Å². The van der Waals surface area contributed by atoms with Crippen LogP contribution in [0.4, 0.5) is 0 Å². The summed E-state index contributed by atoms with van der Waals surface area (Å²) in [5.41, 5.74) is 1.15. The Kier molecular flexibility index (Phi) is 4.96. The van der Waals surface area contributed by atoms with Gasteiger partial charge in [-0.25, -0.2) is 0 Å². The molecule has 0 bridgehead atoms. The third kappa shape index (κ3) is 3.35. The molecule has 1 saturated heterocycles. The van der Waals surface area contributed by atoms with Crippen molar-refractivity contribution in [2.24, 2.45) is 0 Å². The van der Waals surface area contributed by atoms with Crippen LogP contribution in [0.25, 0.3) is 0 Å². The highest BCUT2D eigenvalue weighted by Gasteiger charge is 2.32. The lowest BCUT2D eigenvalue weighted by Crippen LogP contribution is -2.32. The normalized spacial score (nSPS) is 20.8. The van der Waals surface area contributed by atoms with Gasteiger partial charge in [-0.1, -0.05) is 29.8 Å². The minimum absolute atomic E-state index is 0.131. The second-order valence-electron chi connectivity index (χ2n) is 7.10. The van der Waals surface area contributed by atoms with E-state index in [1.807, 2.05) is 23.1 Å². The van der Waals surface area contributed by atoms with E-state index in [2.05, 4.69) is 25.7 Å². The molecule has 3 heterocycles. The highest BCUT2D eigenvalue weighted by molar-refractivity contribution is 6.31. The smallest absolute Gasteiger partial charge is 0.219 e. The maximum absolute atomic E-state index is 11.7. The molecule has 1 atom stereocenters. The van der Waals surface area contributed by atoms with Crippen LogP contribution in [0.2, 0.25) is 5.02 Å². The van der Waals surface area contributed by atoms with Crippen molar-refractivity contribution in [3.8, 4) is 0 Å². The molecule has 1 fully saturated rings. The fourth-order valence-corrected chi connectivity index (χ4v) is 4.26. The number of carbonyl (C=O) groups is 1. The van der Waals surface area contributed by atoms with Crippen LogP contribution in [0.5, 0.6) is 0 Å². The van der Waals surface area contributed by atoms with Gasteiger partial charge >= 0.3 is 0 Å². The molecular weight excluding hydrogens is 350 g/mol. The number of rotatable bonds is 3. The van der Waals surface area contributed by atoms with Crippen LogP contribution in [0.1, 0.15) is 43.0 Å². The summed E-state index contributed by atoms with van der Waals surface area (Å²) in [6.45, 7) is 5.72. The number of hydrogen-bond donors (Lipinski definition) is 0. The summed E-state index contributed by atoms with van der Waals surface area (Å²) < 4.78 is 2.23. The summed E-state index contributed by atoms with van der Waals surface area (Å²) in [6, 6.07) is 8.29. The molecule has 1 amide bonds. The molecule has 0 N–H and O–H groups in total.